The minimum Gasteiger partial charge on any atom is -0.404 e. The number of nitrogen functional groups attached to an aromatic ring is 1. The molecule has 0 aliphatic rings. The van der Waals surface area contributed by atoms with Gasteiger partial charge in [-0.1, -0.05) is 16.7 Å². The Morgan fingerprint density at radius 1 is 1.36 bits per heavy atom. The largest absolute Gasteiger partial charge is 0.404 e. The smallest absolute Gasteiger partial charge is 0.313 e. The van der Waals surface area contributed by atoms with Crippen molar-refractivity contribution in [2.24, 2.45) is 0 Å². The summed E-state index contributed by atoms with van der Waals surface area (Å²) in [6, 6.07) is 5.31. The molecule has 1 heterocycles. The Morgan fingerprint density at radius 2 is 2.14 bits per heavy atom. The number of benzene rings is 1. The molecular weight excluding hydrogens is 269 g/mol. The Morgan fingerprint density at radius 3 is 2.71 bits per heavy atom. The first-order valence-corrected chi connectivity index (χ1v) is 4.88. The lowest BCUT2D eigenvalue weighted by Gasteiger charge is -1.98. The highest BCUT2D eigenvalue weighted by molar-refractivity contribution is 9.10. The minimum atomic E-state index is 0.0434. The highest BCUT2D eigenvalue weighted by Gasteiger charge is 2.10. The lowest BCUT2D eigenvalue weighted by atomic mass is 10.2. The van der Waals surface area contributed by atoms with Crippen LogP contribution < -0.4 is 5.73 Å². The second-order valence-electron chi connectivity index (χ2n) is 2.57. The van der Waals surface area contributed by atoms with Crippen LogP contribution in [0.4, 0.5) is 6.01 Å². The number of aromatic nitrogens is 2. The molecular formula is C8H5BrClN3O. The number of nitrogens with two attached hydrogens (primary N) is 1. The molecule has 2 N–H and O–H groups in total. The average Bonchev–Trinajstić information content (AvgIpc) is 2.51. The molecule has 0 saturated heterocycles. The first-order valence-electron chi connectivity index (χ1n) is 3.71. The normalized spacial score (nSPS) is 10.4. The molecule has 2 aromatic rings. The van der Waals surface area contributed by atoms with Gasteiger partial charge in [0.1, 0.15) is 0 Å². The molecule has 0 bridgehead atoms. The van der Waals surface area contributed by atoms with Gasteiger partial charge in [0.15, 0.2) is 0 Å². The number of halogens is 2. The molecule has 72 valence electrons. The number of hydrogen-bond acceptors (Lipinski definition) is 4. The fourth-order valence-electron chi connectivity index (χ4n) is 1.01. The first-order chi connectivity index (χ1) is 6.66. The molecule has 0 unspecified atom stereocenters. The van der Waals surface area contributed by atoms with Gasteiger partial charge in [0, 0.05) is 9.50 Å². The third kappa shape index (κ3) is 1.73. The van der Waals surface area contributed by atoms with Crippen molar-refractivity contribution in [3.05, 3.63) is 27.7 Å². The van der Waals surface area contributed by atoms with Crippen LogP contribution in [0.2, 0.25) is 5.02 Å². The maximum absolute atomic E-state index is 5.79. The van der Waals surface area contributed by atoms with E-state index in [4.69, 9.17) is 21.8 Å². The van der Waals surface area contributed by atoms with Gasteiger partial charge in [0.25, 0.3) is 5.89 Å². The van der Waals surface area contributed by atoms with Gasteiger partial charge in [-0.05, 0) is 34.1 Å². The third-order valence-corrected chi connectivity index (χ3v) is 2.49. The van der Waals surface area contributed by atoms with E-state index in [0.29, 0.717) is 10.9 Å². The molecule has 4 nitrogen and oxygen atoms in total. The highest BCUT2D eigenvalue weighted by atomic mass is 79.9. The van der Waals surface area contributed by atoms with Crippen LogP contribution in [-0.2, 0) is 0 Å². The molecule has 0 spiro atoms. The second kappa shape index (κ2) is 3.59. The minimum absolute atomic E-state index is 0.0434. The van der Waals surface area contributed by atoms with Crippen molar-refractivity contribution >= 4 is 33.5 Å². The molecule has 1 aromatic carbocycles. The zero-order valence-electron chi connectivity index (χ0n) is 6.87. The standard InChI is InChI=1S/C8H5BrClN3O/c9-6-3-4(10)1-2-5(6)7-12-13-8(11)14-7/h1-3H,(H2,11,13). The van der Waals surface area contributed by atoms with E-state index in [0.717, 1.165) is 10.0 Å². The Bertz CT molecular complexity index is 471. The molecule has 0 atom stereocenters. The van der Waals surface area contributed by atoms with Crippen LogP contribution in [0, 0.1) is 0 Å². The predicted octanol–water partition coefficient (Wildman–Crippen LogP) is 2.73. The SMILES string of the molecule is Nc1nnc(-c2ccc(Cl)cc2Br)o1. The van der Waals surface area contributed by atoms with Crippen LogP contribution >= 0.6 is 27.5 Å². The summed E-state index contributed by atoms with van der Waals surface area (Å²) in [5.74, 6) is 0.367. The molecule has 0 saturated carbocycles. The summed E-state index contributed by atoms with van der Waals surface area (Å²) < 4.78 is 5.86. The van der Waals surface area contributed by atoms with E-state index in [1.165, 1.54) is 0 Å². The highest BCUT2D eigenvalue weighted by Crippen LogP contribution is 2.29. The molecule has 14 heavy (non-hydrogen) atoms. The Kier molecular flexibility index (Phi) is 2.43. The molecule has 0 amide bonds. The summed E-state index contributed by atoms with van der Waals surface area (Å²) >= 11 is 9.13. The van der Waals surface area contributed by atoms with Crippen LogP contribution in [0.3, 0.4) is 0 Å². The van der Waals surface area contributed by atoms with Crippen molar-refractivity contribution in [3.63, 3.8) is 0 Å². The van der Waals surface area contributed by atoms with E-state index in [1.807, 2.05) is 0 Å². The summed E-state index contributed by atoms with van der Waals surface area (Å²) in [5.41, 5.74) is 6.08. The predicted molar refractivity (Wildman–Crippen MR) is 56.9 cm³/mol. The molecule has 1 aromatic heterocycles. The summed E-state index contributed by atoms with van der Waals surface area (Å²) in [7, 11) is 0. The number of hydrogen-bond donors (Lipinski definition) is 1. The topological polar surface area (TPSA) is 64.9 Å². The zero-order chi connectivity index (χ0) is 10.1. The quantitative estimate of drug-likeness (QED) is 0.868. The molecule has 0 radical (unpaired) electrons. The van der Waals surface area contributed by atoms with E-state index in [-0.39, 0.29) is 6.01 Å². The van der Waals surface area contributed by atoms with Crippen molar-refractivity contribution < 1.29 is 4.42 Å². The van der Waals surface area contributed by atoms with Gasteiger partial charge in [-0.15, -0.1) is 5.10 Å². The monoisotopic (exact) mass is 273 g/mol. The van der Waals surface area contributed by atoms with Gasteiger partial charge in [0.05, 0.1) is 5.56 Å². The van der Waals surface area contributed by atoms with Crippen molar-refractivity contribution in [1.29, 1.82) is 0 Å². The van der Waals surface area contributed by atoms with Gasteiger partial charge >= 0.3 is 6.01 Å². The molecule has 0 fully saturated rings. The van der Waals surface area contributed by atoms with Crippen LogP contribution in [-0.4, -0.2) is 10.2 Å². The van der Waals surface area contributed by atoms with E-state index in [1.54, 1.807) is 18.2 Å². The maximum atomic E-state index is 5.79. The van der Waals surface area contributed by atoms with Gasteiger partial charge in [-0.25, -0.2) is 0 Å². The number of nitrogens with zero attached hydrogens (tertiary/aromatic N) is 2. The van der Waals surface area contributed by atoms with Crippen molar-refractivity contribution in [3.8, 4) is 11.5 Å². The van der Waals surface area contributed by atoms with Crippen LogP contribution in [0.1, 0.15) is 0 Å². The van der Waals surface area contributed by atoms with Crippen LogP contribution in [0.5, 0.6) is 0 Å². The average molecular weight is 275 g/mol. The fourth-order valence-corrected chi connectivity index (χ4v) is 1.86. The zero-order valence-corrected chi connectivity index (χ0v) is 9.21. The first kappa shape index (κ1) is 9.48. The van der Waals surface area contributed by atoms with Gasteiger partial charge < -0.3 is 10.2 Å². The van der Waals surface area contributed by atoms with Gasteiger partial charge in [0.2, 0.25) is 0 Å². The van der Waals surface area contributed by atoms with Crippen LogP contribution in [0.15, 0.2) is 27.1 Å². The number of anilines is 1. The Labute approximate surface area is 93.2 Å². The molecule has 0 aliphatic heterocycles. The van der Waals surface area contributed by atoms with Crippen molar-refractivity contribution in [2.75, 3.05) is 5.73 Å². The molecule has 2 rings (SSSR count). The lowest BCUT2D eigenvalue weighted by Crippen LogP contribution is -1.81. The van der Waals surface area contributed by atoms with E-state index in [9.17, 15) is 0 Å². The van der Waals surface area contributed by atoms with Gasteiger partial charge in [-0.3, -0.25) is 0 Å². The lowest BCUT2D eigenvalue weighted by molar-refractivity contribution is 0.590. The summed E-state index contributed by atoms with van der Waals surface area (Å²) in [6.07, 6.45) is 0. The summed E-state index contributed by atoms with van der Waals surface area (Å²) in [5, 5.41) is 7.96. The fraction of sp³-hybridized carbons (Fsp3) is 0. The Balaban J connectivity index is 2.52. The van der Waals surface area contributed by atoms with E-state index >= 15 is 0 Å². The third-order valence-electron chi connectivity index (χ3n) is 1.60. The van der Waals surface area contributed by atoms with Crippen molar-refractivity contribution in [2.45, 2.75) is 0 Å². The summed E-state index contributed by atoms with van der Waals surface area (Å²) in [6.45, 7) is 0. The molecule has 0 aliphatic carbocycles. The Hall–Kier alpha value is -1.07. The molecule has 6 heteroatoms. The number of rotatable bonds is 1. The summed E-state index contributed by atoms with van der Waals surface area (Å²) in [4.78, 5) is 0. The van der Waals surface area contributed by atoms with Gasteiger partial charge in [-0.2, -0.15) is 0 Å². The van der Waals surface area contributed by atoms with E-state index in [2.05, 4.69) is 26.1 Å². The van der Waals surface area contributed by atoms with Crippen molar-refractivity contribution in [1.82, 2.24) is 10.2 Å². The maximum Gasteiger partial charge on any atom is 0.313 e. The second-order valence-corrected chi connectivity index (χ2v) is 3.86. The van der Waals surface area contributed by atoms with Crippen LogP contribution in [0.25, 0.3) is 11.5 Å². The van der Waals surface area contributed by atoms with E-state index < -0.39 is 0 Å².